The zero-order chi connectivity index (χ0) is 14.9. The summed E-state index contributed by atoms with van der Waals surface area (Å²) in [6.07, 6.45) is 0.199. The van der Waals surface area contributed by atoms with Gasteiger partial charge in [-0.3, -0.25) is 0 Å². The summed E-state index contributed by atoms with van der Waals surface area (Å²) < 4.78 is 5.72. The average Bonchev–Trinajstić information content (AvgIpc) is 2.39. The summed E-state index contributed by atoms with van der Waals surface area (Å²) in [5.74, 6) is 0.702. The molecule has 0 spiro atoms. The van der Waals surface area contributed by atoms with E-state index in [1.165, 1.54) is 0 Å². The molecule has 1 fully saturated rings. The molecule has 1 aromatic heterocycles. The highest BCUT2D eigenvalue weighted by Crippen LogP contribution is 2.25. The summed E-state index contributed by atoms with van der Waals surface area (Å²) in [5.41, 5.74) is 8.10. The monoisotopic (exact) mass is 279 g/mol. The van der Waals surface area contributed by atoms with Crippen molar-refractivity contribution in [1.82, 2.24) is 10.2 Å². The van der Waals surface area contributed by atoms with E-state index in [0.717, 1.165) is 11.3 Å². The van der Waals surface area contributed by atoms with Crippen LogP contribution in [0.4, 0.5) is 5.82 Å². The number of rotatable bonds is 2. The molecule has 0 aromatic carbocycles. The van der Waals surface area contributed by atoms with Gasteiger partial charge in [-0.15, -0.1) is 5.10 Å². The first-order chi connectivity index (χ1) is 9.43. The smallest absolute Gasteiger partial charge is 0.174 e. The highest BCUT2D eigenvalue weighted by molar-refractivity contribution is 6.02. The van der Waals surface area contributed by atoms with Crippen LogP contribution in [0.15, 0.2) is 5.16 Å². The second kappa shape index (κ2) is 5.62. The van der Waals surface area contributed by atoms with Gasteiger partial charge in [0.1, 0.15) is 0 Å². The lowest BCUT2D eigenvalue weighted by molar-refractivity contribution is -0.00552. The quantitative estimate of drug-likeness (QED) is 0.360. The van der Waals surface area contributed by atoms with Gasteiger partial charge in [-0.2, -0.15) is 5.10 Å². The van der Waals surface area contributed by atoms with E-state index >= 15 is 0 Å². The molecule has 2 atom stereocenters. The molecule has 3 N–H and O–H groups in total. The minimum Gasteiger partial charge on any atom is -0.409 e. The van der Waals surface area contributed by atoms with E-state index in [1.807, 2.05) is 27.7 Å². The Kier molecular flexibility index (Phi) is 4.08. The predicted molar refractivity (Wildman–Crippen MR) is 76.2 cm³/mol. The van der Waals surface area contributed by atoms with Crippen LogP contribution in [0, 0.1) is 13.8 Å². The first-order valence-corrected chi connectivity index (χ1v) is 6.66. The van der Waals surface area contributed by atoms with Gasteiger partial charge < -0.3 is 20.6 Å². The molecular formula is C13H21N5O2. The zero-order valence-corrected chi connectivity index (χ0v) is 12.3. The molecule has 7 nitrogen and oxygen atoms in total. The standard InChI is InChI=1S/C13H21N5O2/c1-7-5-18(6-8(2)20-7)13-11(12(14)17-19)9(3)10(4)15-16-13/h7-8,19H,5-6H2,1-4H3,(H2,14,17)/t7-,8+. The lowest BCUT2D eigenvalue weighted by Gasteiger charge is -2.36. The molecule has 2 rings (SSSR count). The van der Waals surface area contributed by atoms with Gasteiger partial charge in [0.15, 0.2) is 11.7 Å². The van der Waals surface area contributed by atoms with Gasteiger partial charge in [-0.25, -0.2) is 0 Å². The maximum atomic E-state index is 9.00. The topological polar surface area (TPSA) is 96.9 Å². The molecule has 1 aromatic rings. The van der Waals surface area contributed by atoms with Gasteiger partial charge in [0.25, 0.3) is 0 Å². The fourth-order valence-electron chi connectivity index (χ4n) is 2.52. The molecule has 1 saturated heterocycles. The summed E-state index contributed by atoms with van der Waals surface area (Å²) in [4.78, 5) is 2.08. The Morgan fingerprint density at radius 2 is 1.90 bits per heavy atom. The Labute approximate surface area is 118 Å². The number of ether oxygens (including phenoxy) is 1. The van der Waals surface area contributed by atoms with E-state index in [4.69, 9.17) is 15.7 Å². The SMILES string of the molecule is Cc1nnc(N2C[C@@H](C)O[C@@H](C)C2)c(C(N)=NO)c1C. The van der Waals surface area contributed by atoms with E-state index < -0.39 is 0 Å². The maximum Gasteiger partial charge on any atom is 0.174 e. The zero-order valence-electron chi connectivity index (χ0n) is 12.3. The van der Waals surface area contributed by atoms with Gasteiger partial charge >= 0.3 is 0 Å². The van der Waals surface area contributed by atoms with E-state index in [1.54, 1.807) is 0 Å². The number of nitrogens with two attached hydrogens (primary N) is 1. The first-order valence-electron chi connectivity index (χ1n) is 6.66. The molecule has 2 heterocycles. The van der Waals surface area contributed by atoms with Crippen LogP contribution < -0.4 is 10.6 Å². The molecule has 110 valence electrons. The van der Waals surface area contributed by atoms with Crippen LogP contribution >= 0.6 is 0 Å². The molecule has 0 saturated carbocycles. The highest BCUT2D eigenvalue weighted by atomic mass is 16.5. The summed E-state index contributed by atoms with van der Waals surface area (Å²) in [6, 6.07) is 0. The van der Waals surface area contributed by atoms with Crippen molar-refractivity contribution in [3.05, 3.63) is 16.8 Å². The summed E-state index contributed by atoms with van der Waals surface area (Å²) in [6.45, 7) is 9.18. The Morgan fingerprint density at radius 1 is 1.30 bits per heavy atom. The fraction of sp³-hybridized carbons (Fsp3) is 0.615. The minimum absolute atomic E-state index is 0.0577. The van der Waals surface area contributed by atoms with Crippen LogP contribution in [0.3, 0.4) is 0 Å². The third-order valence-electron chi connectivity index (χ3n) is 3.52. The lowest BCUT2D eigenvalue weighted by Crippen LogP contribution is -2.46. The molecule has 0 aliphatic carbocycles. The van der Waals surface area contributed by atoms with Gasteiger partial charge in [0, 0.05) is 13.1 Å². The van der Waals surface area contributed by atoms with E-state index in [2.05, 4.69) is 20.3 Å². The third kappa shape index (κ3) is 2.67. The molecular weight excluding hydrogens is 258 g/mol. The van der Waals surface area contributed by atoms with Crippen LogP contribution in [-0.2, 0) is 4.74 Å². The second-order valence-corrected chi connectivity index (χ2v) is 5.26. The number of nitrogens with zero attached hydrogens (tertiary/aromatic N) is 4. The van der Waals surface area contributed by atoms with E-state index in [9.17, 15) is 0 Å². The number of aromatic nitrogens is 2. The van der Waals surface area contributed by atoms with Crippen LogP contribution in [-0.4, -0.2) is 46.5 Å². The Morgan fingerprint density at radius 3 is 2.45 bits per heavy atom. The van der Waals surface area contributed by atoms with Crippen LogP contribution in [0.1, 0.15) is 30.7 Å². The number of hydrogen-bond donors (Lipinski definition) is 2. The van der Waals surface area contributed by atoms with Crippen molar-refractivity contribution in [1.29, 1.82) is 0 Å². The molecule has 1 aliphatic rings. The fourth-order valence-corrected chi connectivity index (χ4v) is 2.52. The Bertz CT molecular complexity index is 522. The van der Waals surface area contributed by atoms with Gasteiger partial charge in [-0.05, 0) is 33.3 Å². The van der Waals surface area contributed by atoms with E-state index in [0.29, 0.717) is 24.5 Å². The molecule has 7 heteroatoms. The second-order valence-electron chi connectivity index (χ2n) is 5.26. The Balaban J connectivity index is 2.48. The number of aryl methyl sites for hydroxylation is 1. The number of amidine groups is 1. The highest BCUT2D eigenvalue weighted by Gasteiger charge is 2.27. The predicted octanol–water partition coefficient (Wildman–Crippen LogP) is 0.802. The number of oxime groups is 1. The number of morpholine rings is 1. The summed E-state index contributed by atoms with van der Waals surface area (Å²) in [5, 5.41) is 20.5. The van der Waals surface area contributed by atoms with Gasteiger partial charge in [0.2, 0.25) is 0 Å². The van der Waals surface area contributed by atoms with Crippen molar-refractivity contribution in [3.8, 4) is 0 Å². The average molecular weight is 279 g/mol. The molecule has 0 amide bonds. The minimum atomic E-state index is 0.0577. The molecule has 0 radical (unpaired) electrons. The van der Waals surface area contributed by atoms with Crippen molar-refractivity contribution in [2.75, 3.05) is 18.0 Å². The third-order valence-corrected chi connectivity index (χ3v) is 3.52. The van der Waals surface area contributed by atoms with E-state index in [-0.39, 0.29) is 18.0 Å². The van der Waals surface area contributed by atoms with Gasteiger partial charge in [0.05, 0.1) is 23.5 Å². The van der Waals surface area contributed by atoms with Crippen molar-refractivity contribution in [2.45, 2.75) is 39.9 Å². The molecule has 0 bridgehead atoms. The number of hydrogen-bond acceptors (Lipinski definition) is 6. The molecule has 1 aliphatic heterocycles. The molecule has 20 heavy (non-hydrogen) atoms. The van der Waals surface area contributed by atoms with Crippen molar-refractivity contribution >= 4 is 11.7 Å². The normalized spacial score (nSPS) is 24.0. The Hall–Kier alpha value is -1.89. The van der Waals surface area contributed by atoms with Crippen molar-refractivity contribution < 1.29 is 9.94 Å². The summed E-state index contributed by atoms with van der Waals surface area (Å²) in [7, 11) is 0. The van der Waals surface area contributed by atoms with Crippen molar-refractivity contribution in [3.63, 3.8) is 0 Å². The van der Waals surface area contributed by atoms with Gasteiger partial charge in [-0.1, -0.05) is 5.16 Å². The van der Waals surface area contributed by atoms with Crippen LogP contribution in [0.25, 0.3) is 0 Å². The number of anilines is 1. The largest absolute Gasteiger partial charge is 0.409 e. The maximum absolute atomic E-state index is 9.00. The molecule has 0 unspecified atom stereocenters. The van der Waals surface area contributed by atoms with Crippen LogP contribution in [0.2, 0.25) is 0 Å². The summed E-state index contributed by atoms with van der Waals surface area (Å²) >= 11 is 0. The van der Waals surface area contributed by atoms with Crippen LogP contribution in [0.5, 0.6) is 0 Å². The first kappa shape index (κ1) is 14.5. The lowest BCUT2D eigenvalue weighted by atomic mass is 10.1. The van der Waals surface area contributed by atoms with Crippen molar-refractivity contribution in [2.24, 2.45) is 10.9 Å².